The average molecular weight is 364 g/mol. The minimum absolute atomic E-state index is 0.0417. The Labute approximate surface area is 155 Å². The maximum Gasteiger partial charge on any atom is 0.192 e. The molecule has 1 unspecified atom stereocenters. The van der Waals surface area contributed by atoms with E-state index < -0.39 is 8.32 Å². The average Bonchev–Trinajstić information content (AvgIpc) is 2.50. The minimum atomic E-state index is -1.84. The molecule has 0 aromatic heterocycles. The number of para-hydroxylation sites is 1. The number of hydrogen-bond acceptors (Lipinski definition) is 3. The molecule has 25 heavy (non-hydrogen) atoms. The van der Waals surface area contributed by atoms with Gasteiger partial charge < -0.3 is 14.5 Å². The van der Waals surface area contributed by atoms with Gasteiger partial charge in [-0.3, -0.25) is 0 Å². The van der Waals surface area contributed by atoms with E-state index in [1.165, 1.54) is 5.56 Å². The summed E-state index contributed by atoms with van der Waals surface area (Å²) in [6.07, 6.45) is 2.76. The van der Waals surface area contributed by atoms with Crippen LogP contribution in [0.25, 0.3) is 0 Å². The molecule has 1 atom stereocenters. The molecule has 0 saturated carbocycles. The second-order valence-corrected chi connectivity index (χ2v) is 13.2. The normalized spacial score (nSPS) is 13.8. The first kappa shape index (κ1) is 21.9. The minimum Gasteiger partial charge on any atom is -0.491 e. The van der Waals surface area contributed by atoms with Crippen LogP contribution >= 0.6 is 0 Å². The molecule has 1 aromatic carbocycles. The molecule has 0 amide bonds. The van der Waals surface area contributed by atoms with Crippen LogP contribution in [0.15, 0.2) is 36.9 Å². The SMILES string of the molecule is C=CCc1ccccc1OCC(CNC(C)C)O[Si](C)(C)C(C)(C)C. The first-order valence-electron chi connectivity index (χ1n) is 9.29. The first-order chi connectivity index (χ1) is 11.6. The first-order valence-corrected chi connectivity index (χ1v) is 12.2. The van der Waals surface area contributed by atoms with Crippen LogP contribution in [0.4, 0.5) is 0 Å². The fraction of sp³-hybridized carbons (Fsp3) is 0.619. The van der Waals surface area contributed by atoms with Gasteiger partial charge in [0.15, 0.2) is 8.32 Å². The lowest BCUT2D eigenvalue weighted by atomic mass is 10.1. The van der Waals surface area contributed by atoms with Gasteiger partial charge in [0.25, 0.3) is 0 Å². The molecule has 1 N–H and O–H groups in total. The number of hydrogen-bond donors (Lipinski definition) is 1. The van der Waals surface area contributed by atoms with Gasteiger partial charge in [0.2, 0.25) is 0 Å². The van der Waals surface area contributed by atoms with E-state index in [0.717, 1.165) is 18.7 Å². The van der Waals surface area contributed by atoms with Gasteiger partial charge in [0.1, 0.15) is 12.4 Å². The van der Waals surface area contributed by atoms with Crippen LogP contribution < -0.4 is 10.1 Å². The van der Waals surface area contributed by atoms with E-state index in [-0.39, 0.29) is 11.1 Å². The summed E-state index contributed by atoms with van der Waals surface area (Å²) < 4.78 is 12.8. The maximum absolute atomic E-state index is 6.61. The summed E-state index contributed by atoms with van der Waals surface area (Å²) in [5, 5.41) is 3.68. The van der Waals surface area contributed by atoms with E-state index in [1.54, 1.807) is 0 Å². The van der Waals surface area contributed by atoms with Gasteiger partial charge in [-0.1, -0.05) is 58.9 Å². The molecule has 1 aromatic rings. The third-order valence-corrected chi connectivity index (χ3v) is 9.32. The lowest BCUT2D eigenvalue weighted by molar-refractivity contribution is 0.111. The van der Waals surface area contributed by atoms with Crippen LogP contribution in [0.5, 0.6) is 5.75 Å². The Hall–Kier alpha value is -1.10. The molecule has 0 bridgehead atoms. The molecule has 3 nitrogen and oxygen atoms in total. The highest BCUT2D eigenvalue weighted by atomic mass is 28.4. The predicted octanol–water partition coefficient (Wildman–Crippen LogP) is 5.18. The number of allylic oxidation sites excluding steroid dienone is 1. The van der Waals surface area contributed by atoms with Crippen molar-refractivity contribution in [2.24, 2.45) is 0 Å². The molecule has 0 fully saturated rings. The fourth-order valence-electron chi connectivity index (χ4n) is 2.25. The van der Waals surface area contributed by atoms with Gasteiger partial charge in [-0.25, -0.2) is 0 Å². The predicted molar refractivity (Wildman–Crippen MR) is 111 cm³/mol. The Morgan fingerprint density at radius 1 is 1.20 bits per heavy atom. The lowest BCUT2D eigenvalue weighted by Gasteiger charge is -2.39. The molecule has 0 saturated heterocycles. The van der Waals surface area contributed by atoms with Gasteiger partial charge in [-0.05, 0) is 36.2 Å². The Balaban J connectivity index is 2.82. The summed E-state index contributed by atoms with van der Waals surface area (Å²) in [7, 11) is -1.84. The fourth-order valence-corrected chi connectivity index (χ4v) is 3.58. The van der Waals surface area contributed by atoms with Crippen molar-refractivity contribution in [2.75, 3.05) is 13.2 Å². The summed E-state index contributed by atoms with van der Waals surface area (Å²) in [4.78, 5) is 0. The largest absolute Gasteiger partial charge is 0.491 e. The van der Waals surface area contributed by atoms with E-state index >= 15 is 0 Å². The van der Waals surface area contributed by atoms with Crippen LogP contribution in [0, 0.1) is 0 Å². The Bertz CT molecular complexity index is 535. The number of ether oxygens (including phenoxy) is 1. The smallest absolute Gasteiger partial charge is 0.192 e. The standard InChI is InChI=1S/C21H37NO2Si/c1-9-12-18-13-10-11-14-20(18)23-16-19(15-22-17(2)3)24-25(7,8)21(4,5)6/h9-11,13-14,17,19,22H,1,12,15-16H2,2-8H3. The third kappa shape index (κ3) is 7.34. The zero-order valence-electron chi connectivity index (χ0n) is 17.2. The molecule has 0 spiro atoms. The Morgan fingerprint density at radius 3 is 2.40 bits per heavy atom. The molecule has 142 valence electrons. The molecule has 4 heteroatoms. The van der Waals surface area contributed by atoms with Crippen molar-refractivity contribution in [1.82, 2.24) is 5.32 Å². The molecule has 0 aliphatic rings. The summed E-state index contributed by atoms with van der Waals surface area (Å²) in [6, 6.07) is 8.59. The van der Waals surface area contributed by atoms with E-state index in [4.69, 9.17) is 9.16 Å². The molecule has 0 radical (unpaired) electrons. The van der Waals surface area contributed by atoms with Crippen LogP contribution in [0.2, 0.25) is 18.1 Å². The number of rotatable bonds is 10. The Kier molecular flexibility index (Phi) is 8.38. The van der Waals surface area contributed by atoms with Crippen molar-refractivity contribution in [3.8, 4) is 5.75 Å². The maximum atomic E-state index is 6.61. The molecular weight excluding hydrogens is 326 g/mol. The number of benzene rings is 1. The van der Waals surface area contributed by atoms with E-state index in [1.807, 2.05) is 24.3 Å². The van der Waals surface area contributed by atoms with Crippen LogP contribution in [0.3, 0.4) is 0 Å². The molecule has 0 aliphatic heterocycles. The van der Waals surface area contributed by atoms with Crippen LogP contribution in [-0.2, 0) is 10.8 Å². The van der Waals surface area contributed by atoms with Crippen LogP contribution in [-0.4, -0.2) is 33.6 Å². The second kappa shape index (κ2) is 9.55. The van der Waals surface area contributed by atoms with Crippen molar-refractivity contribution in [1.29, 1.82) is 0 Å². The van der Waals surface area contributed by atoms with E-state index in [0.29, 0.717) is 12.6 Å². The van der Waals surface area contributed by atoms with Crippen LogP contribution in [0.1, 0.15) is 40.2 Å². The van der Waals surface area contributed by atoms with E-state index in [9.17, 15) is 0 Å². The van der Waals surface area contributed by atoms with Crippen molar-refractivity contribution in [2.45, 2.75) is 71.3 Å². The zero-order chi connectivity index (χ0) is 19.1. The summed E-state index contributed by atoms with van der Waals surface area (Å²) in [5.41, 5.74) is 1.17. The van der Waals surface area contributed by atoms with Gasteiger partial charge >= 0.3 is 0 Å². The number of nitrogens with one attached hydrogen (secondary N) is 1. The highest BCUT2D eigenvalue weighted by Crippen LogP contribution is 2.37. The highest BCUT2D eigenvalue weighted by molar-refractivity contribution is 6.74. The Morgan fingerprint density at radius 2 is 1.84 bits per heavy atom. The molecular formula is C21H37NO2Si. The van der Waals surface area contributed by atoms with Crippen molar-refractivity contribution in [3.63, 3.8) is 0 Å². The van der Waals surface area contributed by atoms with Crippen molar-refractivity contribution in [3.05, 3.63) is 42.5 Å². The second-order valence-electron chi connectivity index (χ2n) is 8.47. The van der Waals surface area contributed by atoms with Gasteiger partial charge in [-0.15, -0.1) is 6.58 Å². The summed E-state index contributed by atoms with van der Waals surface area (Å²) >= 11 is 0. The van der Waals surface area contributed by atoms with Gasteiger partial charge in [0, 0.05) is 12.6 Å². The molecule has 0 aliphatic carbocycles. The summed E-state index contributed by atoms with van der Waals surface area (Å²) in [5.74, 6) is 0.927. The quantitative estimate of drug-likeness (QED) is 0.459. The van der Waals surface area contributed by atoms with Gasteiger partial charge in [-0.2, -0.15) is 0 Å². The highest BCUT2D eigenvalue weighted by Gasteiger charge is 2.39. The lowest BCUT2D eigenvalue weighted by Crippen LogP contribution is -2.48. The van der Waals surface area contributed by atoms with Crippen molar-refractivity contribution >= 4 is 8.32 Å². The molecule has 1 rings (SSSR count). The van der Waals surface area contributed by atoms with E-state index in [2.05, 4.69) is 65.7 Å². The van der Waals surface area contributed by atoms with Gasteiger partial charge in [0.05, 0.1) is 6.10 Å². The summed E-state index contributed by atoms with van der Waals surface area (Å²) in [6.45, 7) is 20.9. The monoisotopic (exact) mass is 363 g/mol. The van der Waals surface area contributed by atoms with Crippen molar-refractivity contribution < 1.29 is 9.16 Å². The third-order valence-electron chi connectivity index (χ3n) is 4.78. The topological polar surface area (TPSA) is 30.5 Å². The molecule has 0 heterocycles. The zero-order valence-corrected chi connectivity index (χ0v) is 18.2.